The van der Waals surface area contributed by atoms with Gasteiger partial charge in [-0.1, -0.05) is 18.2 Å². The van der Waals surface area contributed by atoms with Gasteiger partial charge in [0.1, 0.15) is 5.56 Å². The Kier molecular flexibility index (Phi) is 4.64. The Hall–Kier alpha value is -3.86. The summed E-state index contributed by atoms with van der Waals surface area (Å²) < 4.78 is 2.41. The highest BCUT2D eigenvalue weighted by Crippen LogP contribution is 2.13. The Morgan fingerprint density at radius 1 is 1.07 bits per heavy atom. The number of aryl methyl sites for hydroxylation is 1. The Balaban J connectivity index is 1.62. The summed E-state index contributed by atoms with van der Waals surface area (Å²) in [4.78, 5) is 54.2. The molecule has 3 heterocycles. The lowest BCUT2D eigenvalue weighted by Gasteiger charge is -2.10. The minimum atomic E-state index is -0.815. The number of nitrogens with zero attached hydrogens (tertiary/aromatic N) is 4. The van der Waals surface area contributed by atoms with Gasteiger partial charge in [0.15, 0.2) is 10.7 Å². The number of nitrogens with one attached hydrogen (secondary N) is 2. The van der Waals surface area contributed by atoms with Crippen LogP contribution in [0.1, 0.15) is 27.8 Å². The van der Waals surface area contributed by atoms with E-state index in [4.69, 9.17) is 0 Å². The smallest absolute Gasteiger partial charge is 0.268 e. The van der Waals surface area contributed by atoms with Crippen molar-refractivity contribution in [3.8, 4) is 0 Å². The molecule has 0 spiro atoms. The van der Waals surface area contributed by atoms with Crippen molar-refractivity contribution < 1.29 is 9.59 Å². The summed E-state index contributed by atoms with van der Waals surface area (Å²) in [6.07, 6.45) is 2.66. The predicted molar refractivity (Wildman–Crippen MR) is 106 cm³/mol. The molecule has 0 aliphatic carbocycles. The zero-order valence-electron chi connectivity index (χ0n) is 15.1. The number of amides is 2. The maximum Gasteiger partial charge on any atom is 0.290 e. The number of benzene rings is 1. The summed E-state index contributed by atoms with van der Waals surface area (Å²) in [5.41, 5.74) is 3.33. The van der Waals surface area contributed by atoms with Gasteiger partial charge in [0.05, 0.1) is 5.39 Å². The molecule has 0 radical (unpaired) electrons. The number of aromatic nitrogens is 4. The van der Waals surface area contributed by atoms with Crippen LogP contribution in [0.4, 0.5) is 0 Å². The summed E-state index contributed by atoms with van der Waals surface area (Å²) >= 11 is 1.26. The SMILES string of the molecule is CCn1nc(C(=O)NNC(=O)c2cnc3sccn3c2=O)c2ccccc2c1=O. The second-order valence-electron chi connectivity index (χ2n) is 5.96. The second kappa shape index (κ2) is 7.28. The van der Waals surface area contributed by atoms with E-state index in [1.54, 1.807) is 36.6 Å². The molecule has 0 aliphatic heterocycles. The van der Waals surface area contributed by atoms with Gasteiger partial charge in [-0.3, -0.25) is 34.4 Å². The van der Waals surface area contributed by atoms with Crippen LogP contribution in [0.25, 0.3) is 15.7 Å². The first-order chi connectivity index (χ1) is 14.0. The van der Waals surface area contributed by atoms with Crippen LogP contribution in [0.2, 0.25) is 0 Å². The number of fused-ring (bicyclic) bond motifs is 2. The van der Waals surface area contributed by atoms with Gasteiger partial charge in [-0.2, -0.15) is 5.10 Å². The molecule has 1 aromatic carbocycles. The topological polar surface area (TPSA) is 127 Å². The average Bonchev–Trinajstić information content (AvgIpc) is 3.22. The number of rotatable bonds is 3. The Morgan fingerprint density at radius 2 is 1.79 bits per heavy atom. The lowest BCUT2D eigenvalue weighted by atomic mass is 10.1. The highest BCUT2D eigenvalue weighted by molar-refractivity contribution is 7.15. The van der Waals surface area contributed by atoms with Crippen molar-refractivity contribution >= 4 is 38.9 Å². The summed E-state index contributed by atoms with van der Waals surface area (Å²) in [5, 5.41) is 6.45. The molecular weight excluding hydrogens is 396 g/mol. The number of thiazole rings is 1. The largest absolute Gasteiger partial charge is 0.290 e. The van der Waals surface area contributed by atoms with E-state index in [0.717, 1.165) is 6.20 Å². The first-order valence-corrected chi connectivity index (χ1v) is 9.44. The highest BCUT2D eigenvalue weighted by Gasteiger charge is 2.19. The molecule has 146 valence electrons. The van der Waals surface area contributed by atoms with Crippen molar-refractivity contribution in [3.05, 3.63) is 74.0 Å². The van der Waals surface area contributed by atoms with Crippen LogP contribution in [0.3, 0.4) is 0 Å². The molecule has 10 nitrogen and oxygen atoms in total. The number of hydrogen-bond acceptors (Lipinski definition) is 7. The zero-order chi connectivity index (χ0) is 20.5. The fourth-order valence-corrected chi connectivity index (χ4v) is 3.51. The zero-order valence-corrected chi connectivity index (χ0v) is 15.9. The van der Waals surface area contributed by atoms with Crippen LogP contribution >= 0.6 is 11.3 Å². The van der Waals surface area contributed by atoms with E-state index < -0.39 is 17.4 Å². The Bertz CT molecular complexity index is 1390. The van der Waals surface area contributed by atoms with Crippen LogP contribution in [0.5, 0.6) is 0 Å². The van der Waals surface area contributed by atoms with E-state index in [1.807, 2.05) is 0 Å². The molecule has 2 amide bonds. The maximum atomic E-state index is 12.6. The summed E-state index contributed by atoms with van der Waals surface area (Å²) in [6, 6.07) is 6.57. The van der Waals surface area contributed by atoms with Crippen LogP contribution in [0.15, 0.2) is 51.6 Å². The maximum absolute atomic E-state index is 12.6. The van der Waals surface area contributed by atoms with Gasteiger partial charge in [-0.05, 0) is 13.0 Å². The third kappa shape index (κ3) is 3.17. The normalized spacial score (nSPS) is 10.9. The standard InChI is InChI=1S/C18H14N6O4S/c1-2-24-17(28)11-6-4-3-5-10(11)13(22-24)15(26)21-20-14(25)12-9-19-18-23(16(12)27)7-8-29-18/h3-9H,2H2,1H3,(H,20,25)(H,21,26). The first kappa shape index (κ1) is 18.5. The van der Waals surface area contributed by atoms with Gasteiger partial charge in [-0.15, -0.1) is 11.3 Å². The minimum Gasteiger partial charge on any atom is -0.268 e. The molecule has 0 bridgehead atoms. The fourth-order valence-electron chi connectivity index (χ4n) is 2.84. The summed E-state index contributed by atoms with van der Waals surface area (Å²) in [6.45, 7) is 2.01. The summed E-state index contributed by atoms with van der Waals surface area (Å²) in [7, 11) is 0. The van der Waals surface area contributed by atoms with Crippen molar-refractivity contribution in [2.45, 2.75) is 13.5 Å². The Morgan fingerprint density at radius 3 is 2.55 bits per heavy atom. The second-order valence-corrected chi connectivity index (χ2v) is 6.83. The third-order valence-electron chi connectivity index (χ3n) is 4.26. The number of carbonyl (C=O) groups excluding carboxylic acids is 2. The quantitative estimate of drug-likeness (QED) is 0.475. The molecule has 3 aromatic heterocycles. The minimum absolute atomic E-state index is 0.0227. The lowest BCUT2D eigenvalue weighted by molar-refractivity contribution is 0.0842. The molecule has 29 heavy (non-hydrogen) atoms. The third-order valence-corrected chi connectivity index (χ3v) is 5.03. The molecule has 0 saturated carbocycles. The summed E-state index contributed by atoms with van der Waals surface area (Å²) in [5.74, 6) is -1.54. The van der Waals surface area contributed by atoms with Crippen molar-refractivity contribution in [2.24, 2.45) is 0 Å². The van der Waals surface area contributed by atoms with Gasteiger partial charge < -0.3 is 0 Å². The number of hydrazine groups is 1. The number of carbonyl (C=O) groups is 2. The van der Waals surface area contributed by atoms with Gasteiger partial charge >= 0.3 is 0 Å². The van der Waals surface area contributed by atoms with Crippen molar-refractivity contribution in [1.82, 2.24) is 30.0 Å². The molecule has 4 aromatic rings. The number of hydrogen-bond donors (Lipinski definition) is 2. The van der Waals surface area contributed by atoms with E-state index in [9.17, 15) is 19.2 Å². The molecule has 0 saturated heterocycles. The molecule has 0 atom stereocenters. The molecule has 0 unspecified atom stereocenters. The molecule has 4 rings (SSSR count). The average molecular weight is 410 g/mol. The van der Waals surface area contributed by atoms with Crippen molar-refractivity contribution in [1.29, 1.82) is 0 Å². The van der Waals surface area contributed by atoms with E-state index in [0.29, 0.717) is 15.7 Å². The molecule has 0 fully saturated rings. The molecule has 2 N–H and O–H groups in total. The van der Waals surface area contributed by atoms with Crippen molar-refractivity contribution in [3.63, 3.8) is 0 Å². The van der Waals surface area contributed by atoms with E-state index in [2.05, 4.69) is 20.9 Å². The van der Waals surface area contributed by atoms with Crippen molar-refractivity contribution in [2.75, 3.05) is 0 Å². The molecular formula is C18H14N6O4S. The Labute approximate surface area is 166 Å². The van der Waals surface area contributed by atoms with Crippen LogP contribution in [-0.4, -0.2) is 31.0 Å². The highest BCUT2D eigenvalue weighted by atomic mass is 32.1. The van der Waals surface area contributed by atoms with Gasteiger partial charge in [0, 0.05) is 29.7 Å². The lowest BCUT2D eigenvalue weighted by Crippen LogP contribution is -2.44. The molecule has 11 heteroatoms. The first-order valence-electron chi connectivity index (χ1n) is 8.56. The van der Waals surface area contributed by atoms with E-state index >= 15 is 0 Å². The molecule has 0 aliphatic rings. The fraction of sp³-hybridized carbons (Fsp3) is 0.111. The van der Waals surface area contributed by atoms with Crippen LogP contribution in [0, 0.1) is 0 Å². The van der Waals surface area contributed by atoms with E-state index in [-0.39, 0.29) is 23.4 Å². The van der Waals surface area contributed by atoms with E-state index in [1.165, 1.54) is 26.6 Å². The van der Waals surface area contributed by atoms with Gasteiger partial charge in [0.2, 0.25) is 0 Å². The van der Waals surface area contributed by atoms with Crippen LogP contribution < -0.4 is 22.0 Å². The monoisotopic (exact) mass is 410 g/mol. The predicted octanol–water partition coefficient (Wildman–Crippen LogP) is 0.561. The van der Waals surface area contributed by atoms with Gasteiger partial charge in [-0.25, -0.2) is 9.67 Å². The van der Waals surface area contributed by atoms with Crippen LogP contribution in [-0.2, 0) is 6.54 Å². The van der Waals surface area contributed by atoms with Gasteiger partial charge in [0.25, 0.3) is 22.9 Å².